The van der Waals surface area contributed by atoms with E-state index in [0.717, 1.165) is 33.8 Å². The van der Waals surface area contributed by atoms with Crippen molar-refractivity contribution in [3.8, 4) is 22.5 Å². The Morgan fingerprint density at radius 3 is 2.28 bits per heavy atom. The Balaban J connectivity index is 1.66. The number of hydrogen-bond acceptors (Lipinski definition) is 4. The Morgan fingerprint density at radius 2 is 1.62 bits per heavy atom. The zero-order valence-corrected chi connectivity index (χ0v) is 18.5. The zero-order valence-electron chi connectivity index (χ0n) is 18.5. The van der Waals surface area contributed by atoms with Gasteiger partial charge in [-0.15, -0.1) is 0 Å². The van der Waals surface area contributed by atoms with Crippen LogP contribution in [0.4, 0.5) is 5.69 Å². The van der Waals surface area contributed by atoms with E-state index in [9.17, 15) is 9.59 Å². The molecular formula is C25H25N5O2. The average molecular weight is 428 g/mol. The molecule has 32 heavy (non-hydrogen) atoms. The molecule has 0 aliphatic carbocycles. The van der Waals surface area contributed by atoms with Crippen LogP contribution in [0, 0.1) is 12.3 Å². The van der Waals surface area contributed by atoms with E-state index < -0.39 is 11.3 Å². The van der Waals surface area contributed by atoms with Crippen molar-refractivity contribution in [3.63, 3.8) is 0 Å². The lowest BCUT2D eigenvalue weighted by molar-refractivity contribution is -0.123. The number of rotatable bonds is 4. The first-order chi connectivity index (χ1) is 15.1. The van der Waals surface area contributed by atoms with Crippen molar-refractivity contribution >= 4 is 23.1 Å². The van der Waals surface area contributed by atoms with E-state index in [0.29, 0.717) is 11.2 Å². The lowest BCUT2D eigenvalue weighted by atomic mass is 9.95. The zero-order chi connectivity index (χ0) is 23.0. The first kappa shape index (κ1) is 21.2. The molecule has 0 saturated carbocycles. The van der Waals surface area contributed by atoms with Crippen molar-refractivity contribution in [1.82, 2.24) is 14.6 Å². The minimum absolute atomic E-state index is 0.0404. The lowest BCUT2D eigenvalue weighted by Crippen LogP contribution is -2.27. The Bertz CT molecular complexity index is 1330. The van der Waals surface area contributed by atoms with Gasteiger partial charge in [-0.05, 0) is 42.8 Å². The van der Waals surface area contributed by atoms with Crippen molar-refractivity contribution in [2.75, 3.05) is 5.32 Å². The van der Waals surface area contributed by atoms with E-state index in [1.54, 1.807) is 16.6 Å². The van der Waals surface area contributed by atoms with Crippen LogP contribution in [0.15, 0.2) is 60.8 Å². The summed E-state index contributed by atoms with van der Waals surface area (Å²) in [5, 5.41) is 7.67. The number of benzene rings is 2. The molecule has 0 atom stereocenters. The number of anilines is 1. The molecule has 7 nitrogen and oxygen atoms in total. The smallest absolute Gasteiger partial charge is 0.248 e. The predicted octanol–water partition coefficient (Wildman–Crippen LogP) is 4.46. The molecule has 4 aromatic rings. The Hall–Kier alpha value is -4.00. The summed E-state index contributed by atoms with van der Waals surface area (Å²) in [7, 11) is 0. The molecule has 0 radical (unpaired) electrons. The number of nitrogens with one attached hydrogen (secondary N) is 1. The molecule has 0 spiro atoms. The Labute approximate surface area is 186 Å². The van der Waals surface area contributed by atoms with Gasteiger partial charge >= 0.3 is 0 Å². The van der Waals surface area contributed by atoms with Gasteiger partial charge in [-0.2, -0.15) is 5.10 Å². The van der Waals surface area contributed by atoms with Crippen LogP contribution in [-0.4, -0.2) is 26.4 Å². The van der Waals surface area contributed by atoms with Crippen molar-refractivity contribution in [1.29, 1.82) is 0 Å². The fraction of sp³-hybridized carbons (Fsp3) is 0.200. The van der Waals surface area contributed by atoms with Crippen molar-refractivity contribution < 1.29 is 9.59 Å². The number of nitrogens with two attached hydrogens (primary N) is 1. The number of hydrogen-bond donors (Lipinski definition) is 2. The van der Waals surface area contributed by atoms with E-state index in [4.69, 9.17) is 5.73 Å². The summed E-state index contributed by atoms with van der Waals surface area (Å²) in [4.78, 5) is 28.4. The Morgan fingerprint density at radius 1 is 0.938 bits per heavy atom. The number of primary amides is 1. The number of imidazole rings is 1. The molecule has 0 fully saturated rings. The highest BCUT2D eigenvalue weighted by Gasteiger charge is 2.22. The van der Waals surface area contributed by atoms with Gasteiger partial charge in [0.05, 0.1) is 17.6 Å². The normalized spacial score (nSPS) is 11.5. The summed E-state index contributed by atoms with van der Waals surface area (Å²) in [5.74, 6) is -0.503. The summed E-state index contributed by atoms with van der Waals surface area (Å²) in [6.07, 6.45) is 1.86. The lowest BCUT2D eigenvalue weighted by Gasteiger charge is -2.19. The van der Waals surface area contributed by atoms with Gasteiger partial charge in [-0.3, -0.25) is 9.59 Å². The van der Waals surface area contributed by atoms with Crippen LogP contribution in [-0.2, 0) is 4.79 Å². The molecule has 0 aliphatic heterocycles. The van der Waals surface area contributed by atoms with Crippen LogP contribution < -0.4 is 11.1 Å². The number of amides is 2. The summed E-state index contributed by atoms with van der Waals surface area (Å²) in [5.41, 5.74) is 11.0. The van der Waals surface area contributed by atoms with E-state index in [1.807, 2.05) is 76.4 Å². The van der Waals surface area contributed by atoms with Gasteiger partial charge < -0.3 is 11.1 Å². The topological polar surface area (TPSA) is 102 Å². The molecule has 2 heterocycles. The molecule has 0 unspecified atom stereocenters. The number of aryl methyl sites for hydroxylation is 1. The van der Waals surface area contributed by atoms with Crippen LogP contribution >= 0.6 is 0 Å². The number of carbonyl (C=O) groups is 2. The molecule has 4 rings (SSSR count). The summed E-state index contributed by atoms with van der Waals surface area (Å²) in [6.45, 7) is 7.61. The predicted molar refractivity (Wildman–Crippen MR) is 125 cm³/mol. The van der Waals surface area contributed by atoms with Gasteiger partial charge in [0.25, 0.3) is 0 Å². The van der Waals surface area contributed by atoms with Gasteiger partial charge in [-0.1, -0.05) is 45.0 Å². The van der Waals surface area contributed by atoms with E-state index in [-0.39, 0.29) is 5.91 Å². The molecule has 2 amide bonds. The molecule has 162 valence electrons. The number of carbonyl (C=O) groups excluding carboxylic acids is 2. The molecule has 3 N–H and O–H groups in total. The molecule has 0 bridgehead atoms. The first-order valence-electron chi connectivity index (χ1n) is 10.3. The molecule has 7 heteroatoms. The van der Waals surface area contributed by atoms with Gasteiger partial charge in [0, 0.05) is 27.8 Å². The van der Waals surface area contributed by atoms with Gasteiger partial charge in [0.2, 0.25) is 11.8 Å². The third-order valence-corrected chi connectivity index (χ3v) is 5.25. The van der Waals surface area contributed by atoms with Crippen molar-refractivity contribution in [2.24, 2.45) is 11.1 Å². The number of nitrogens with zero attached hydrogens (tertiary/aromatic N) is 3. The maximum atomic E-state index is 12.4. The van der Waals surface area contributed by atoms with Crippen LogP contribution in [0.1, 0.15) is 36.7 Å². The van der Waals surface area contributed by atoms with Gasteiger partial charge in [0.15, 0.2) is 5.65 Å². The third kappa shape index (κ3) is 4.23. The maximum Gasteiger partial charge on any atom is 0.248 e. The van der Waals surface area contributed by atoms with Crippen LogP contribution in [0.25, 0.3) is 28.2 Å². The summed E-state index contributed by atoms with van der Waals surface area (Å²) >= 11 is 0. The van der Waals surface area contributed by atoms with Crippen LogP contribution in [0.2, 0.25) is 0 Å². The molecule has 2 aromatic carbocycles. The van der Waals surface area contributed by atoms with Crippen molar-refractivity contribution in [2.45, 2.75) is 27.7 Å². The second-order valence-electron chi connectivity index (χ2n) is 8.82. The van der Waals surface area contributed by atoms with E-state index in [2.05, 4.69) is 15.4 Å². The van der Waals surface area contributed by atoms with Gasteiger partial charge in [-0.25, -0.2) is 9.50 Å². The molecule has 2 aromatic heterocycles. The highest BCUT2D eigenvalue weighted by molar-refractivity contribution is 5.96. The summed E-state index contributed by atoms with van der Waals surface area (Å²) in [6, 6.07) is 16.7. The average Bonchev–Trinajstić information content (AvgIpc) is 3.18. The highest BCUT2D eigenvalue weighted by atomic mass is 16.2. The molecular weight excluding hydrogens is 402 g/mol. The number of aromatic nitrogens is 3. The highest BCUT2D eigenvalue weighted by Crippen LogP contribution is 2.27. The fourth-order valence-electron chi connectivity index (χ4n) is 3.21. The van der Waals surface area contributed by atoms with E-state index in [1.165, 1.54) is 0 Å². The number of fused-ring (bicyclic) bond motifs is 1. The molecule has 0 saturated heterocycles. The van der Waals surface area contributed by atoms with E-state index >= 15 is 0 Å². The minimum Gasteiger partial charge on any atom is -0.366 e. The second-order valence-corrected chi connectivity index (χ2v) is 8.82. The third-order valence-electron chi connectivity index (χ3n) is 5.25. The standard InChI is InChI=1S/C25H25N5O2/c1-15-5-6-18(13-20(15)28-24(32)25(2,3)4)21-14-30-22(27-21)12-11-19(29-30)16-7-9-17(10-8-16)23(26)31/h5-14H,1-4H3,(H2,26,31)(H,28,32). The van der Waals surface area contributed by atoms with Crippen molar-refractivity contribution in [3.05, 3.63) is 71.9 Å². The minimum atomic E-state index is -0.485. The fourth-order valence-corrected chi connectivity index (χ4v) is 3.21. The quantitative estimate of drug-likeness (QED) is 0.502. The maximum absolute atomic E-state index is 12.4. The SMILES string of the molecule is Cc1ccc(-c2cn3nc(-c4ccc(C(N)=O)cc4)ccc3n2)cc1NC(=O)C(C)(C)C. The monoisotopic (exact) mass is 427 g/mol. The summed E-state index contributed by atoms with van der Waals surface area (Å²) < 4.78 is 1.72. The Kier molecular flexibility index (Phi) is 5.26. The van der Waals surface area contributed by atoms with Crippen LogP contribution in [0.3, 0.4) is 0 Å². The molecule has 0 aliphatic rings. The first-order valence-corrected chi connectivity index (χ1v) is 10.3. The largest absolute Gasteiger partial charge is 0.366 e. The second kappa shape index (κ2) is 7.92. The van der Waals surface area contributed by atoms with Gasteiger partial charge in [0.1, 0.15) is 0 Å². The van der Waals surface area contributed by atoms with Crippen LogP contribution in [0.5, 0.6) is 0 Å².